The lowest BCUT2D eigenvalue weighted by Gasteiger charge is -2.36. The van der Waals surface area contributed by atoms with E-state index in [1.165, 1.54) is 17.4 Å². The topological polar surface area (TPSA) is 66.4 Å². The number of aryl methyl sites for hydroxylation is 1. The van der Waals surface area contributed by atoms with Gasteiger partial charge in [-0.25, -0.2) is 19.3 Å². The lowest BCUT2D eigenvalue weighted by Crippen LogP contribution is -2.43. The molecule has 0 saturated carbocycles. The number of ether oxygens (including phenoxy) is 2. The first-order valence-corrected chi connectivity index (χ1v) is 15.3. The summed E-state index contributed by atoms with van der Waals surface area (Å²) < 4.78 is 33.2. The maximum Gasteiger partial charge on any atom is 0.232 e. The Hall–Kier alpha value is -2.62. The SMILES string of the molecule is COc1cnc2c(-c3nc4cc(F)c(OC(C)CO[Si](C)(C)C(C)(C)C)cc4s3)cc(C)cc2n1. The molecule has 2 aromatic carbocycles. The summed E-state index contributed by atoms with van der Waals surface area (Å²) in [6, 6.07) is 7.13. The molecule has 4 rings (SSSR count). The smallest absolute Gasteiger partial charge is 0.232 e. The number of aromatic nitrogens is 3. The molecule has 0 spiro atoms. The predicted molar refractivity (Wildman–Crippen MR) is 143 cm³/mol. The van der Waals surface area contributed by atoms with Gasteiger partial charge in [0.25, 0.3) is 0 Å². The minimum Gasteiger partial charge on any atom is -0.485 e. The Morgan fingerprint density at radius 2 is 1.83 bits per heavy atom. The summed E-state index contributed by atoms with van der Waals surface area (Å²) in [7, 11) is -0.346. The fourth-order valence-corrected chi connectivity index (χ4v) is 5.51. The zero-order valence-corrected chi connectivity index (χ0v) is 23.3. The number of benzene rings is 2. The summed E-state index contributed by atoms with van der Waals surface area (Å²) >= 11 is 1.47. The van der Waals surface area contributed by atoms with E-state index in [9.17, 15) is 4.39 Å². The highest BCUT2D eigenvalue weighted by Crippen LogP contribution is 2.38. The van der Waals surface area contributed by atoms with Crippen LogP contribution in [0, 0.1) is 12.7 Å². The van der Waals surface area contributed by atoms with E-state index in [1.807, 2.05) is 26.0 Å². The van der Waals surface area contributed by atoms with Crippen molar-refractivity contribution in [3.8, 4) is 22.2 Å². The van der Waals surface area contributed by atoms with Crippen LogP contribution in [0.4, 0.5) is 4.39 Å². The number of methoxy groups -OCH3 is 1. The molecule has 9 heteroatoms. The van der Waals surface area contributed by atoms with Crippen molar-refractivity contribution < 1.29 is 18.3 Å². The van der Waals surface area contributed by atoms with E-state index >= 15 is 0 Å². The third-order valence-electron chi connectivity index (χ3n) is 6.46. The molecular formula is C26H32FN3O3SSi. The minimum atomic E-state index is -1.91. The number of rotatable bonds is 7. The fourth-order valence-electron chi connectivity index (χ4n) is 3.44. The zero-order valence-electron chi connectivity index (χ0n) is 21.5. The summed E-state index contributed by atoms with van der Waals surface area (Å²) in [5.41, 5.74) is 3.92. The fraction of sp³-hybridized carbons (Fsp3) is 0.423. The minimum absolute atomic E-state index is 0.103. The van der Waals surface area contributed by atoms with Gasteiger partial charge in [-0.3, -0.25) is 0 Å². The highest BCUT2D eigenvalue weighted by Gasteiger charge is 2.37. The molecule has 0 aliphatic heterocycles. The van der Waals surface area contributed by atoms with Crippen molar-refractivity contribution in [2.24, 2.45) is 0 Å². The van der Waals surface area contributed by atoms with E-state index in [0.29, 0.717) is 18.0 Å². The van der Waals surface area contributed by atoms with Crippen LogP contribution in [0.3, 0.4) is 0 Å². The molecule has 1 unspecified atom stereocenters. The van der Waals surface area contributed by atoms with Crippen LogP contribution < -0.4 is 9.47 Å². The predicted octanol–water partition coefficient (Wildman–Crippen LogP) is 7.15. The molecule has 0 aliphatic carbocycles. The average Bonchev–Trinajstić information content (AvgIpc) is 3.18. The maximum atomic E-state index is 14.9. The Kier molecular flexibility index (Phi) is 6.87. The van der Waals surface area contributed by atoms with Crippen molar-refractivity contribution in [2.75, 3.05) is 13.7 Å². The number of halogens is 1. The molecule has 0 amide bonds. The van der Waals surface area contributed by atoms with Gasteiger partial charge in [-0.15, -0.1) is 11.3 Å². The molecule has 2 aromatic heterocycles. The second-order valence-electron chi connectivity index (χ2n) is 10.4. The van der Waals surface area contributed by atoms with E-state index in [0.717, 1.165) is 31.9 Å². The first-order valence-electron chi connectivity index (χ1n) is 11.6. The Balaban J connectivity index is 1.62. The second kappa shape index (κ2) is 9.44. The molecule has 186 valence electrons. The second-order valence-corrected chi connectivity index (χ2v) is 16.2. The Bertz CT molecular complexity index is 1380. The number of fused-ring (bicyclic) bond motifs is 2. The van der Waals surface area contributed by atoms with Gasteiger partial charge in [0, 0.05) is 17.7 Å². The van der Waals surface area contributed by atoms with Crippen LogP contribution in [-0.4, -0.2) is 43.1 Å². The zero-order chi connectivity index (χ0) is 25.5. The van der Waals surface area contributed by atoms with Gasteiger partial charge in [-0.2, -0.15) is 0 Å². The van der Waals surface area contributed by atoms with Gasteiger partial charge in [0.05, 0.1) is 41.2 Å². The highest BCUT2D eigenvalue weighted by atomic mass is 32.1. The van der Waals surface area contributed by atoms with Crippen molar-refractivity contribution in [3.05, 3.63) is 41.8 Å². The van der Waals surface area contributed by atoms with Gasteiger partial charge < -0.3 is 13.9 Å². The van der Waals surface area contributed by atoms with Crippen molar-refractivity contribution in [2.45, 2.75) is 58.9 Å². The lowest BCUT2D eigenvalue weighted by molar-refractivity contribution is 0.130. The number of hydrogen-bond donors (Lipinski definition) is 0. The molecule has 0 N–H and O–H groups in total. The van der Waals surface area contributed by atoms with Gasteiger partial charge in [0.2, 0.25) is 5.88 Å². The molecule has 0 aliphatic rings. The standard InChI is InChI=1S/C26H32FN3O3SSi/c1-15-9-17(24-20(10-15)29-23(31-6)13-28-24)25-30-19-11-18(27)21(12-22(19)34-25)33-16(2)14-32-35(7,8)26(3,4)5/h9-13,16H,14H2,1-8H3. The maximum absolute atomic E-state index is 14.9. The summed E-state index contributed by atoms with van der Waals surface area (Å²) in [5.74, 6) is 0.221. The van der Waals surface area contributed by atoms with Gasteiger partial charge in [-0.05, 0) is 49.7 Å². The molecule has 6 nitrogen and oxygen atoms in total. The van der Waals surface area contributed by atoms with Crippen LogP contribution in [0.2, 0.25) is 18.1 Å². The normalized spacial score (nSPS) is 13.4. The molecule has 4 aromatic rings. The monoisotopic (exact) mass is 513 g/mol. The van der Waals surface area contributed by atoms with Crippen molar-refractivity contribution in [1.82, 2.24) is 15.0 Å². The number of hydrogen-bond acceptors (Lipinski definition) is 7. The quantitative estimate of drug-likeness (QED) is 0.244. The van der Waals surface area contributed by atoms with Crippen LogP contribution in [0.25, 0.3) is 31.8 Å². The molecule has 0 radical (unpaired) electrons. The van der Waals surface area contributed by atoms with E-state index in [2.05, 4.69) is 43.8 Å². The molecule has 1 atom stereocenters. The molecule has 0 bridgehead atoms. The summed E-state index contributed by atoms with van der Waals surface area (Å²) in [6.45, 7) is 15.3. The number of nitrogens with zero attached hydrogens (tertiary/aromatic N) is 3. The van der Waals surface area contributed by atoms with Gasteiger partial charge >= 0.3 is 0 Å². The molecular weight excluding hydrogens is 481 g/mol. The van der Waals surface area contributed by atoms with Crippen molar-refractivity contribution in [3.63, 3.8) is 0 Å². The highest BCUT2D eigenvalue weighted by molar-refractivity contribution is 7.21. The van der Waals surface area contributed by atoms with E-state index in [-0.39, 0.29) is 16.9 Å². The van der Waals surface area contributed by atoms with E-state index in [1.54, 1.807) is 19.4 Å². The van der Waals surface area contributed by atoms with Crippen LogP contribution in [0.1, 0.15) is 33.3 Å². The molecule has 0 saturated heterocycles. The van der Waals surface area contributed by atoms with Crippen LogP contribution in [0.15, 0.2) is 30.5 Å². The third kappa shape index (κ3) is 5.32. The van der Waals surface area contributed by atoms with Crippen LogP contribution >= 0.6 is 11.3 Å². The summed E-state index contributed by atoms with van der Waals surface area (Å²) in [5, 5.41) is 0.852. The molecule has 35 heavy (non-hydrogen) atoms. The van der Waals surface area contributed by atoms with Gasteiger partial charge in [-0.1, -0.05) is 20.8 Å². The number of thiazole rings is 1. The summed E-state index contributed by atoms with van der Waals surface area (Å²) in [4.78, 5) is 13.7. The van der Waals surface area contributed by atoms with E-state index in [4.69, 9.17) is 18.9 Å². The van der Waals surface area contributed by atoms with Gasteiger partial charge in [0.15, 0.2) is 19.9 Å². The van der Waals surface area contributed by atoms with Crippen molar-refractivity contribution in [1.29, 1.82) is 0 Å². The first-order chi connectivity index (χ1) is 16.4. The first kappa shape index (κ1) is 25.5. The molecule has 2 heterocycles. The Morgan fingerprint density at radius 1 is 1.09 bits per heavy atom. The Labute approximate surface area is 210 Å². The van der Waals surface area contributed by atoms with Crippen LogP contribution in [0.5, 0.6) is 11.6 Å². The van der Waals surface area contributed by atoms with Gasteiger partial charge in [0.1, 0.15) is 11.1 Å². The molecule has 0 fully saturated rings. The lowest BCUT2D eigenvalue weighted by atomic mass is 10.1. The Morgan fingerprint density at radius 3 is 2.51 bits per heavy atom. The van der Waals surface area contributed by atoms with Crippen LogP contribution in [-0.2, 0) is 4.43 Å². The average molecular weight is 514 g/mol. The van der Waals surface area contributed by atoms with E-state index < -0.39 is 14.1 Å². The largest absolute Gasteiger partial charge is 0.485 e. The summed E-state index contributed by atoms with van der Waals surface area (Å²) in [6.07, 6.45) is 1.31. The third-order valence-corrected chi connectivity index (χ3v) is 12.0. The van der Waals surface area contributed by atoms with Crippen molar-refractivity contribution >= 4 is 40.9 Å².